The lowest BCUT2D eigenvalue weighted by Crippen LogP contribution is -2.01. The van der Waals surface area contributed by atoms with Crippen molar-refractivity contribution < 1.29 is 0 Å². The molecule has 1 aromatic carbocycles. The van der Waals surface area contributed by atoms with Crippen molar-refractivity contribution >= 4 is 21.7 Å². The van der Waals surface area contributed by atoms with E-state index in [2.05, 4.69) is 21.0 Å². The molecule has 0 aliphatic carbocycles. The number of hydrogen-bond donors (Lipinski definition) is 1. The molecule has 5 heteroatoms. The molecule has 0 saturated carbocycles. The number of rotatable bonds is 1. The maximum absolute atomic E-state index is 8.68. The molecule has 0 fully saturated rings. The fraction of sp³-hybridized carbons (Fsp3) is 0. The maximum Gasteiger partial charge on any atom is 0.165 e. The van der Waals surface area contributed by atoms with Crippen molar-refractivity contribution in [1.82, 2.24) is 9.78 Å². The minimum absolute atomic E-state index is 0.315. The third kappa shape index (κ3) is 1.85. The van der Waals surface area contributed by atoms with E-state index in [1.807, 2.05) is 30.3 Å². The highest BCUT2D eigenvalue weighted by molar-refractivity contribution is 9.10. The van der Waals surface area contributed by atoms with Crippen LogP contribution in [0.1, 0.15) is 5.69 Å². The highest BCUT2D eigenvalue weighted by Crippen LogP contribution is 2.17. The summed E-state index contributed by atoms with van der Waals surface area (Å²) in [6.07, 6.45) is 0. The molecule has 2 aromatic rings. The van der Waals surface area contributed by atoms with Gasteiger partial charge in [0.05, 0.1) is 5.69 Å². The second kappa shape index (κ2) is 3.75. The average Bonchev–Trinajstić information content (AvgIpc) is 2.61. The molecule has 0 amide bonds. The fourth-order valence-electron chi connectivity index (χ4n) is 1.24. The van der Waals surface area contributed by atoms with Crippen LogP contribution < -0.4 is 5.73 Å². The van der Waals surface area contributed by atoms with E-state index in [0.717, 1.165) is 10.2 Å². The molecule has 1 heterocycles. The fourth-order valence-corrected chi connectivity index (χ4v) is 1.50. The van der Waals surface area contributed by atoms with Gasteiger partial charge in [-0.1, -0.05) is 15.9 Å². The monoisotopic (exact) mass is 262 g/mol. The lowest BCUT2D eigenvalue weighted by Gasteiger charge is -2.02. The molecule has 15 heavy (non-hydrogen) atoms. The van der Waals surface area contributed by atoms with Gasteiger partial charge in [-0.05, 0) is 24.3 Å². The van der Waals surface area contributed by atoms with Gasteiger partial charge < -0.3 is 5.73 Å². The van der Waals surface area contributed by atoms with Crippen molar-refractivity contribution in [3.8, 4) is 11.8 Å². The minimum atomic E-state index is 0.315. The smallest absolute Gasteiger partial charge is 0.165 e. The summed E-state index contributed by atoms with van der Waals surface area (Å²) >= 11 is 3.34. The summed E-state index contributed by atoms with van der Waals surface area (Å²) in [5, 5.41) is 12.7. The first-order chi connectivity index (χ1) is 7.20. The van der Waals surface area contributed by atoms with Crippen LogP contribution >= 0.6 is 15.9 Å². The lowest BCUT2D eigenvalue weighted by atomic mass is 10.3. The number of nitrogens with zero attached hydrogens (tertiary/aromatic N) is 3. The number of benzene rings is 1. The Kier molecular flexibility index (Phi) is 2.44. The van der Waals surface area contributed by atoms with Crippen molar-refractivity contribution in [1.29, 1.82) is 5.26 Å². The largest absolute Gasteiger partial charge is 0.384 e. The molecule has 4 nitrogen and oxygen atoms in total. The Morgan fingerprint density at radius 1 is 1.33 bits per heavy atom. The van der Waals surface area contributed by atoms with E-state index < -0.39 is 0 Å². The van der Waals surface area contributed by atoms with Gasteiger partial charge in [0.25, 0.3) is 0 Å². The Morgan fingerprint density at radius 3 is 2.53 bits per heavy atom. The summed E-state index contributed by atoms with van der Waals surface area (Å²) in [4.78, 5) is 0. The van der Waals surface area contributed by atoms with Crippen molar-refractivity contribution in [3.63, 3.8) is 0 Å². The van der Waals surface area contributed by atoms with Gasteiger partial charge in [-0.15, -0.1) is 0 Å². The number of hydrogen-bond acceptors (Lipinski definition) is 3. The predicted molar refractivity (Wildman–Crippen MR) is 60.4 cm³/mol. The van der Waals surface area contributed by atoms with Gasteiger partial charge >= 0.3 is 0 Å². The van der Waals surface area contributed by atoms with Crippen molar-refractivity contribution in [3.05, 3.63) is 40.5 Å². The van der Waals surface area contributed by atoms with Crippen LogP contribution in [0.4, 0.5) is 5.82 Å². The van der Waals surface area contributed by atoms with Crippen LogP contribution in [0.15, 0.2) is 34.8 Å². The average molecular weight is 263 g/mol. The van der Waals surface area contributed by atoms with Crippen LogP contribution in [0.5, 0.6) is 0 Å². The zero-order valence-electron chi connectivity index (χ0n) is 7.68. The molecule has 0 aliphatic rings. The van der Waals surface area contributed by atoms with Crippen LogP contribution in [0.2, 0.25) is 0 Å². The Morgan fingerprint density at radius 2 is 2.00 bits per heavy atom. The van der Waals surface area contributed by atoms with E-state index >= 15 is 0 Å². The second-order valence-corrected chi connectivity index (χ2v) is 3.87. The van der Waals surface area contributed by atoms with E-state index in [-0.39, 0.29) is 0 Å². The van der Waals surface area contributed by atoms with E-state index in [1.54, 1.807) is 6.07 Å². The maximum atomic E-state index is 8.68. The third-order valence-electron chi connectivity index (χ3n) is 1.92. The first-order valence-corrected chi connectivity index (χ1v) is 5.01. The van der Waals surface area contributed by atoms with Crippen LogP contribution in [0.25, 0.3) is 5.69 Å². The number of aromatic nitrogens is 2. The summed E-state index contributed by atoms with van der Waals surface area (Å²) in [6.45, 7) is 0. The van der Waals surface area contributed by atoms with E-state index in [4.69, 9.17) is 11.0 Å². The standard InChI is InChI=1S/C10H7BrN4/c11-7-1-3-9(4-2-7)15-10(13)5-8(6-12)14-15/h1-5H,13H2. The molecule has 0 unspecified atom stereocenters. The van der Waals surface area contributed by atoms with Gasteiger partial charge in [0.15, 0.2) is 5.69 Å². The first-order valence-electron chi connectivity index (χ1n) is 4.22. The van der Waals surface area contributed by atoms with Gasteiger partial charge in [-0.2, -0.15) is 10.4 Å². The van der Waals surface area contributed by atoms with Gasteiger partial charge in [0.2, 0.25) is 0 Å². The molecule has 0 spiro atoms. The quantitative estimate of drug-likeness (QED) is 0.856. The summed E-state index contributed by atoms with van der Waals surface area (Å²) < 4.78 is 2.52. The van der Waals surface area contributed by atoms with Crippen molar-refractivity contribution in [2.75, 3.05) is 5.73 Å². The van der Waals surface area contributed by atoms with Gasteiger partial charge in [0, 0.05) is 10.5 Å². The molecule has 74 valence electrons. The molecule has 0 bridgehead atoms. The molecule has 0 radical (unpaired) electrons. The third-order valence-corrected chi connectivity index (χ3v) is 2.45. The topological polar surface area (TPSA) is 67.6 Å². The Bertz CT molecular complexity index is 521. The highest BCUT2D eigenvalue weighted by atomic mass is 79.9. The van der Waals surface area contributed by atoms with Crippen LogP contribution in [-0.4, -0.2) is 9.78 Å². The predicted octanol–water partition coefficient (Wildman–Crippen LogP) is 2.09. The second-order valence-electron chi connectivity index (χ2n) is 2.95. The molecular formula is C10H7BrN4. The molecule has 0 atom stereocenters. The van der Waals surface area contributed by atoms with E-state index in [1.165, 1.54) is 4.68 Å². The van der Waals surface area contributed by atoms with Crippen molar-refractivity contribution in [2.24, 2.45) is 0 Å². The van der Waals surface area contributed by atoms with Gasteiger partial charge in [-0.3, -0.25) is 0 Å². The Labute approximate surface area is 95.1 Å². The van der Waals surface area contributed by atoms with Gasteiger partial charge in [0.1, 0.15) is 11.9 Å². The Hall–Kier alpha value is -1.80. The summed E-state index contributed by atoms with van der Waals surface area (Å²) in [5.74, 6) is 0.453. The minimum Gasteiger partial charge on any atom is -0.384 e. The van der Waals surface area contributed by atoms with Crippen LogP contribution in [-0.2, 0) is 0 Å². The lowest BCUT2D eigenvalue weighted by molar-refractivity contribution is 0.883. The molecule has 0 saturated heterocycles. The van der Waals surface area contributed by atoms with E-state index in [0.29, 0.717) is 11.5 Å². The zero-order valence-corrected chi connectivity index (χ0v) is 9.27. The van der Waals surface area contributed by atoms with Gasteiger partial charge in [-0.25, -0.2) is 4.68 Å². The number of nitriles is 1. The van der Waals surface area contributed by atoms with E-state index in [9.17, 15) is 0 Å². The zero-order chi connectivity index (χ0) is 10.8. The molecule has 2 N–H and O–H groups in total. The first kappa shape index (κ1) is 9.74. The summed E-state index contributed by atoms with van der Waals surface area (Å²) in [5.41, 5.74) is 6.87. The normalized spacial score (nSPS) is 9.87. The van der Waals surface area contributed by atoms with Crippen LogP contribution in [0, 0.1) is 11.3 Å². The summed E-state index contributed by atoms with van der Waals surface area (Å²) in [6, 6.07) is 11.0. The number of nitrogen functional groups attached to an aromatic ring is 1. The van der Waals surface area contributed by atoms with Crippen LogP contribution in [0.3, 0.4) is 0 Å². The molecule has 1 aromatic heterocycles. The number of nitrogens with two attached hydrogens (primary N) is 1. The Balaban J connectivity index is 2.50. The SMILES string of the molecule is N#Cc1cc(N)n(-c2ccc(Br)cc2)n1. The van der Waals surface area contributed by atoms with Crippen molar-refractivity contribution in [2.45, 2.75) is 0 Å². The molecule has 2 rings (SSSR count). The molecular weight excluding hydrogens is 256 g/mol. The number of halogens is 1. The highest BCUT2D eigenvalue weighted by Gasteiger charge is 2.05. The number of anilines is 1. The summed E-state index contributed by atoms with van der Waals surface area (Å²) in [7, 11) is 0. The molecule has 0 aliphatic heterocycles.